The van der Waals surface area contributed by atoms with Crippen molar-refractivity contribution in [2.75, 3.05) is 5.75 Å². The van der Waals surface area contributed by atoms with E-state index in [4.69, 9.17) is 5.73 Å². The Balaban J connectivity index is 2.54. The van der Waals surface area contributed by atoms with Gasteiger partial charge in [0.15, 0.2) is 0 Å². The molecule has 0 aliphatic rings. The fourth-order valence-corrected chi connectivity index (χ4v) is 1.78. The first-order chi connectivity index (χ1) is 8.54. The van der Waals surface area contributed by atoms with Crippen LogP contribution in [0.3, 0.4) is 0 Å². The lowest BCUT2D eigenvalue weighted by atomic mass is 10.1. The van der Waals surface area contributed by atoms with Crippen LogP contribution in [0.5, 0.6) is 0 Å². The summed E-state index contributed by atoms with van der Waals surface area (Å²) in [5.41, 5.74) is 6.80. The average Bonchev–Trinajstić information content (AvgIpc) is 2.36. The second-order valence-corrected chi connectivity index (χ2v) is 4.40. The molecular weight excluding hydrogens is 248 g/mol. The number of rotatable bonds is 6. The monoisotopic (exact) mass is 266 g/mol. The highest BCUT2D eigenvalue weighted by molar-refractivity contribution is 7.80. The van der Waals surface area contributed by atoms with E-state index in [-0.39, 0.29) is 17.4 Å². The Hall–Kier alpha value is -1.46. The van der Waals surface area contributed by atoms with Crippen molar-refractivity contribution in [2.45, 2.75) is 18.5 Å². The Morgan fingerprint density at radius 2 is 2.06 bits per heavy atom. The summed E-state index contributed by atoms with van der Waals surface area (Å²) in [5.74, 6) is -0.169. The minimum Gasteiger partial charge on any atom is -0.511 e. The van der Waals surface area contributed by atoms with E-state index in [1.54, 1.807) is 0 Å². The Kier molecular flexibility index (Phi) is 5.74. The number of amides is 1. The van der Waals surface area contributed by atoms with Gasteiger partial charge in [0.2, 0.25) is 5.91 Å². The molecule has 1 aromatic rings. The summed E-state index contributed by atoms with van der Waals surface area (Å²) in [7, 11) is 0. The van der Waals surface area contributed by atoms with E-state index < -0.39 is 12.1 Å². The van der Waals surface area contributed by atoms with E-state index in [0.717, 1.165) is 5.56 Å². The predicted octanol–water partition coefficient (Wildman–Crippen LogP) is 1.04. The van der Waals surface area contributed by atoms with Crippen molar-refractivity contribution in [1.29, 1.82) is 0 Å². The molecular formula is C13H18N2O2S. The number of carbonyl (C=O) groups is 1. The SMILES string of the molecule is C=C(O)C(CS)NC(=O)C(N)Cc1ccccc1. The molecule has 2 unspecified atom stereocenters. The van der Waals surface area contributed by atoms with Gasteiger partial charge in [0.05, 0.1) is 12.1 Å². The molecule has 98 valence electrons. The third-order valence-corrected chi connectivity index (χ3v) is 2.90. The van der Waals surface area contributed by atoms with Crippen LogP contribution in [0.15, 0.2) is 42.7 Å². The average molecular weight is 266 g/mol. The van der Waals surface area contributed by atoms with Crippen molar-refractivity contribution >= 4 is 18.5 Å². The molecule has 0 saturated carbocycles. The van der Waals surface area contributed by atoms with Gasteiger partial charge < -0.3 is 16.2 Å². The number of thiol groups is 1. The van der Waals surface area contributed by atoms with Crippen LogP contribution in [0.25, 0.3) is 0 Å². The summed E-state index contributed by atoms with van der Waals surface area (Å²) in [6.45, 7) is 3.37. The number of benzene rings is 1. The third kappa shape index (κ3) is 4.43. The molecule has 0 aliphatic heterocycles. The van der Waals surface area contributed by atoms with Crippen LogP contribution < -0.4 is 11.1 Å². The molecule has 1 aromatic carbocycles. The van der Waals surface area contributed by atoms with Gasteiger partial charge in [0.25, 0.3) is 0 Å². The maximum atomic E-state index is 11.8. The van der Waals surface area contributed by atoms with Crippen LogP contribution in [-0.2, 0) is 11.2 Å². The maximum Gasteiger partial charge on any atom is 0.237 e. The van der Waals surface area contributed by atoms with Gasteiger partial charge in [-0.2, -0.15) is 12.6 Å². The molecule has 0 aliphatic carbocycles. The number of nitrogens with one attached hydrogen (secondary N) is 1. The summed E-state index contributed by atoms with van der Waals surface area (Å²) in [5, 5.41) is 11.8. The Morgan fingerprint density at radius 3 is 2.56 bits per heavy atom. The van der Waals surface area contributed by atoms with E-state index in [1.165, 1.54) is 0 Å². The smallest absolute Gasteiger partial charge is 0.237 e. The molecule has 1 amide bonds. The largest absolute Gasteiger partial charge is 0.511 e. The molecule has 0 saturated heterocycles. The number of aliphatic hydroxyl groups is 1. The van der Waals surface area contributed by atoms with Gasteiger partial charge in [0.1, 0.15) is 5.76 Å². The molecule has 0 bridgehead atoms. The molecule has 5 heteroatoms. The molecule has 4 N–H and O–H groups in total. The lowest BCUT2D eigenvalue weighted by Crippen LogP contribution is -2.47. The summed E-state index contributed by atoms with van der Waals surface area (Å²) in [4.78, 5) is 11.8. The fraction of sp³-hybridized carbons (Fsp3) is 0.308. The van der Waals surface area contributed by atoms with Gasteiger partial charge in [-0.25, -0.2) is 0 Å². The minimum atomic E-state index is -0.658. The molecule has 0 fully saturated rings. The number of aliphatic hydroxyl groups excluding tert-OH is 1. The van der Waals surface area contributed by atoms with Crippen LogP contribution in [-0.4, -0.2) is 28.9 Å². The van der Waals surface area contributed by atoms with Crippen molar-refractivity contribution in [1.82, 2.24) is 5.32 Å². The van der Waals surface area contributed by atoms with Crippen LogP contribution in [0, 0.1) is 0 Å². The first-order valence-electron chi connectivity index (χ1n) is 5.63. The lowest BCUT2D eigenvalue weighted by molar-refractivity contribution is -0.122. The summed E-state index contributed by atoms with van der Waals surface area (Å²) in [6, 6.07) is 8.29. The highest BCUT2D eigenvalue weighted by Crippen LogP contribution is 2.03. The molecule has 0 radical (unpaired) electrons. The van der Waals surface area contributed by atoms with Crippen molar-refractivity contribution in [3.63, 3.8) is 0 Å². The summed E-state index contributed by atoms with van der Waals surface area (Å²) < 4.78 is 0. The highest BCUT2D eigenvalue weighted by Gasteiger charge is 2.19. The molecule has 0 spiro atoms. The van der Waals surface area contributed by atoms with Crippen molar-refractivity contribution in [3.05, 3.63) is 48.2 Å². The molecule has 0 heterocycles. The van der Waals surface area contributed by atoms with Gasteiger partial charge >= 0.3 is 0 Å². The Bertz CT molecular complexity index is 409. The lowest BCUT2D eigenvalue weighted by Gasteiger charge is -2.18. The van der Waals surface area contributed by atoms with E-state index in [1.807, 2.05) is 30.3 Å². The van der Waals surface area contributed by atoms with Crippen molar-refractivity contribution in [2.24, 2.45) is 5.73 Å². The molecule has 2 atom stereocenters. The van der Waals surface area contributed by atoms with Crippen LogP contribution >= 0.6 is 12.6 Å². The van der Waals surface area contributed by atoms with E-state index in [0.29, 0.717) is 6.42 Å². The van der Waals surface area contributed by atoms with Crippen molar-refractivity contribution in [3.8, 4) is 0 Å². The second-order valence-electron chi connectivity index (χ2n) is 4.03. The Morgan fingerprint density at radius 1 is 1.44 bits per heavy atom. The molecule has 1 rings (SSSR count). The van der Waals surface area contributed by atoms with Gasteiger partial charge in [-0.05, 0) is 12.0 Å². The first kappa shape index (κ1) is 14.6. The Labute approximate surface area is 112 Å². The molecule has 18 heavy (non-hydrogen) atoms. The first-order valence-corrected chi connectivity index (χ1v) is 6.26. The topological polar surface area (TPSA) is 75.3 Å². The van der Waals surface area contributed by atoms with Crippen LogP contribution in [0.1, 0.15) is 5.56 Å². The van der Waals surface area contributed by atoms with Crippen molar-refractivity contribution < 1.29 is 9.90 Å². The number of hydrogen-bond donors (Lipinski definition) is 4. The summed E-state index contributed by atoms with van der Waals surface area (Å²) >= 11 is 4.02. The van der Waals surface area contributed by atoms with Gasteiger partial charge in [-0.15, -0.1) is 0 Å². The normalized spacial score (nSPS) is 13.7. The van der Waals surface area contributed by atoms with E-state index in [9.17, 15) is 9.90 Å². The minimum absolute atomic E-state index is 0.120. The van der Waals surface area contributed by atoms with Gasteiger partial charge in [-0.1, -0.05) is 36.9 Å². The maximum absolute atomic E-state index is 11.8. The van der Waals surface area contributed by atoms with E-state index in [2.05, 4.69) is 24.5 Å². The zero-order valence-corrected chi connectivity index (χ0v) is 10.9. The number of carbonyl (C=O) groups excluding carboxylic acids is 1. The molecule has 4 nitrogen and oxygen atoms in total. The predicted molar refractivity (Wildman–Crippen MR) is 75.7 cm³/mol. The number of nitrogens with two attached hydrogens (primary N) is 1. The third-order valence-electron chi connectivity index (χ3n) is 2.54. The van der Waals surface area contributed by atoms with Crippen LogP contribution in [0.2, 0.25) is 0 Å². The van der Waals surface area contributed by atoms with Gasteiger partial charge in [-0.3, -0.25) is 4.79 Å². The quantitative estimate of drug-likeness (QED) is 0.459. The number of hydrogen-bond acceptors (Lipinski definition) is 4. The summed E-state index contributed by atoms with van der Waals surface area (Å²) in [6.07, 6.45) is 0.448. The molecule has 0 aromatic heterocycles. The highest BCUT2D eigenvalue weighted by atomic mass is 32.1. The van der Waals surface area contributed by atoms with Crippen LogP contribution in [0.4, 0.5) is 0 Å². The van der Waals surface area contributed by atoms with E-state index >= 15 is 0 Å². The standard InChI is InChI=1S/C13H18N2O2S/c1-9(16)12(8-18)15-13(17)11(14)7-10-5-3-2-4-6-10/h2-6,11-12,16,18H,1,7-8,14H2,(H,15,17). The fourth-order valence-electron chi connectivity index (χ4n) is 1.47. The zero-order chi connectivity index (χ0) is 13.5. The zero-order valence-electron chi connectivity index (χ0n) is 10.0. The van der Waals surface area contributed by atoms with Gasteiger partial charge in [0, 0.05) is 5.75 Å². The second kappa shape index (κ2) is 7.08.